The summed E-state index contributed by atoms with van der Waals surface area (Å²) in [5, 5.41) is 18.2. The van der Waals surface area contributed by atoms with Crippen LogP contribution in [-0.2, 0) is 9.47 Å². The van der Waals surface area contributed by atoms with Crippen LogP contribution in [0.15, 0.2) is 85.2 Å². The Labute approximate surface area is 391 Å². The third-order valence-corrected chi connectivity index (χ3v) is 12.6. The molecule has 6 bridgehead atoms. The van der Waals surface area contributed by atoms with Crippen LogP contribution in [0.3, 0.4) is 0 Å². The number of hydrogen-bond donors (Lipinski definition) is 4. The number of ether oxygens (including phenoxy) is 2. The van der Waals surface area contributed by atoms with Crippen molar-refractivity contribution in [1.29, 1.82) is 0 Å². The Morgan fingerprint density at radius 2 is 1.06 bits per heavy atom. The number of carbonyl (C=O) groups is 5. The van der Waals surface area contributed by atoms with E-state index in [-0.39, 0.29) is 41.5 Å². The monoisotopic (exact) mass is 925 g/mol. The lowest BCUT2D eigenvalue weighted by Crippen LogP contribution is -2.56. The van der Waals surface area contributed by atoms with Gasteiger partial charge in [0, 0.05) is 57.7 Å². The summed E-state index contributed by atoms with van der Waals surface area (Å²) in [6.45, 7) is 5.38. The summed E-state index contributed by atoms with van der Waals surface area (Å²) in [6.07, 6.45) is 9.29. The summed E-state index contributed by atoms with van der Waals surface area (Å²) in [5.41, 5.74) is 3.20. The molecule has 0 aromatic carbocycles. The predicted molar refractivity (Wildman–Crippen MR) is 253 cm³/mol. The minimum Gasteiger partial charge on any atom is -0.477 e. The van der Waals surface area contributed by atoms with Gasteiger partial charge in [0.2, 0.25) is 0 Å². The molecule has 21 nitrogen and oxygen atoms in total. The molecule has 4 N–H and O–H groups in total. The van der Waals surface area contributed by atoms with Crippen molar-refractivity contribution < 1.29 is 38.6 Å². The number of hydrogen-bond acceptors (Lipinski definition) is 16. The van der Waals surface area contributed by atoms with Crippen LogP contribution in [0.2, 0.25) is 0 Å². The van der Waals surface area contributed by atoms with Crippen molar-refractivity contribution in [1.82, 2.24) is 24.9 Å². The second kappa shape index (κ2) is 19.8. The van der Waals surface area contributed by atoms with Crippen LogP contribution in [0, 0.1) is 0 Å². The molecule has 5 aromatic heterocycles. The van der Waals surface area contributed by atoms with Crippen molar-refractivity contribution >= 4 is 76.1 Å². The highest BCUT2D eigenvalue weighted by molar-refractivity contribution is 6.05. The number of nitrogens with zero attached hydrogens (tertiary/aromatic N) is 10. The van der Waals surface area contributed by atoms with Crippen LogP contribution in [0.25, 0.3) is 0 Å². The van der Waals surface area contributed by atoms with Crippen molar-refractivity contribution in [3.8, 4) is 0 Å². The molecule has 5 aromatic rings. The van der Waals surface area contributed by atoms with E-state index in [1.54, 1.807) is 70.7 Å². The number of aromatic carboxylic acids is 1. The zero-order chi connectivity index (χ0) is 47.3. The summed E-state index contributed by atoms with van der Waals surface area (Å²) in [6, 6.07) is 20.7. The second-order valence-electron chi connectivity index (χ2n) is 16.9. The third kappa shape index (κ3) is 9.44. The zero-order valence-corrected chi connectivity index (χ0v) is 37.6. The molecule has 68 heavy (non-hydrogen) atoms. The van der Waals surface area contributed by atoms with Gasteiger partial charge < -0.3 is 34.6 Å². The highest BCUT2D eigenvalue weighted by atomic mass is 16.5. The molecule has 0 saturated carbocycles. The van der Waals surface area contributed by atoms with Gasteiger partial charge in [-0.15, -0.1) is 0 Å². The number of anilines is 8. The number of fused-ring (bicyclic) bond motifs is 12. The molecule has 11 heterocycles. The van der Waals surface area contributed by atoms with Crippen molar-refractivity contribution in [2.45, 2.75) is 56.7 Å². The summed E-state index contributed by atoms with van der Waals surface area (Å²) >= 11 is 0. The largest absolute Gasteiger partial charge is 0.477 e. The normalized spacial score (nSPS) is 19.1. The quantitative estimate of drug-likeness (QED) is 0.154. The fourth-order valence-corrected chi connectivity index (χ4v) is 9.46. The van der Waals surface area contributed by atoms with Gasteiger partial charge in [-0.3, -0.25) is 20.4 Å². The van der Waals surface area contributed by atoms with Gasteiger partial charge in [0.25, 0.3) is 0 Å². The zero-order valence-electron chi connectivity index (χ0n) is 37.6. The average molecular weight is 926 g/mol. The first-order valence-electron chi connectivity index (χ1n) is 22.6. The first-order chi connectivity index (χ1) is 33.1. The van der Waals surface area contributed by atoms with E-state index in [0.29, 0.717) is 35.0 Å². The molecule has 3 fully saturated rings. The predicted octanol–water partition coefficient (Wildman–Crippen LogP) is 5.74. The van der Waals surface area contributed by atoms with Gasteiger partial charge in [-0.2, -0.15) is 0 Å². The van der Waals surface area contributed by atoms with Gasteiger partial charge in [-0.05, 0) is 99.2 Å². The Kier molecular flexibility index (Phi) is 13.1. The molecular formula is C47H51N13O8. The molecule has 11 rings (SSSR count). The molecule has 21 heteroatoms. The maximum absolute atomic E-state index is 13.0. The molecule has 3 saturated heterocycles. The number of piperidine rings is 3. The van der Waals surface area contributed by atoms with Crippen LogP contribution in [-0.4, -0.2) is 132 Å². The summed E-state index contributed by atoms with van der Waals surface area (Å²) in [4.78, 5) is 91.7. The van der Waals surface area contributed by atoms with Crippen LogP contribution >= 0.6 is 0 Å². The number of urea groups is 2. The number of carboxylic acid groups (broad SMARTS) is 1. The van der Waals surface area contributed by atoms with Gasteiger partial charge in [0.1, 0.15) is 11.6 Å². The van der Waals surface area contributed by atoms with Crippen LogP contribution in [0.5, 0.6) is 0 Å². The molecular weight excluding hydrogens is 875 g/mol. The molecule has 6 aliphatic heterocycles. The van der Waals surface area contributed by atoms with Crippen molar-refractivity contribution in [3.05, 3.63) is 102 Å². The molecule has 4 amide bonds. The smallest absolute Gasteiger partial charge is 0.356 e. The minimum atomic E-state index is -1.11. The standard InChI is InChI=1S/C18H19N5O3.C17H17N5O3.C12H15N3O2/c1-26-17(24)13-7-8-14-16(20-13)23(12-5-4-10-22(14)11-12)18(25)21-15-6-2-3-9-19-15;23-16(24)12-6-7-13-15(19-12)22(11-4-3-9-21(13)10-11)17(25)20-14-5-1-2-8-18-14;1-17-12(16)9-4-5-10-11(14-9)13-8-3-2-6-15(10)7-8/h2-3,6-9,12H,4-5,10-11H2,1H3,(H,19,21,25);1-2,5-8,11H,3-4,9-10H2,(H,23,24)(H,18,20,25);4-5,8H,2-3,6-7H2,1H3,(H,13,14)/t12-;11-;8-/m000/s1. The molecule has 0 aliphatic carbocycles. The summed E-state index contributed by atoms with van der Waals surface area (Å²) in [5.74, 6) is 0.580. The average Bonchev–Trinajstić information content (AvgIpc) is 3.36. The van der Waals surface area contributed by atoms with Crippen LogP contribution in [0.4, 0.5) is 55.7 Å². The Morgan fingerprint density at radius 1 is 0.588 bits per heavy atom. The Hall–Kier alpha value is -8.10. The van der Waals surface area contributed by atoms with Gasteiger partial charge in [0.05, 0.1) is 43.4 Å². The Bertz CT molecular complexity index is 2700. The first-order valence-corrected chi connectivity index (χ1v) is 22.6. The number of esters is 2. The van der Waals surface area contributed by atoms with E-state index in [4.69, 9.17) is 4.74 Å². The molecule has 6 aliphatic rings. The number of nitrogens with one attached hydrogen (secondary N) is 3. The fourth-order valence-electron chi connectivity index (χ4n) is 9.46. The van der Waals surface area contributed by atoms with Crippen molar-refractivity contribution in [3.63, 3.8) is 0 Å². The Morgan fingerprint density at radius 3 is 1.56 bits per heavy atom. The van der Waals surface area contributed by atoms with E-state index in [2.05, 4.69) is 60.3 Å². The Balaban J connectivity index is 0.000000130. The van der Waals surface area contributed by atoms with E-state index in [1.807, 2.05) is 18.2 Å². The lowest BCUT2D eigenvalue weighted by molar-refractivity contribution is 0.0585. The summed E-state index contributed by atoms with van der Waals surface area (Å²) in [7, 11) is 2.68. The van der Waals surface area contributed by atoms with E-state index in [0.717, 1.165) is 87.8 Å². The van der Waals surface area contributed by atoms with Gasteiger partial charge in [-0.1, -0.05) is 12.1 Å². The van der Waals surface area contributed by atoms with E-state index < -0.39 is 11.9 Å². The number of pyridine rings is 5. The molecule has 3 atom stereocenters. The topological polar surface area (TPSA) is 241 Å². The van der Waals surface area contributed by atoms with Gasteiger partial charge in [0.15, 0.2) is 34.5 Å². The van der Waals surface area contributed by atoms with E-state index in [9.17, 15) is 29.1 Å². The number of aromatic nitrogens is 5. The second-order valence-corrected chi connectivity index (χ2v) is 16.9. The first kappa shape index (κ1) is 45.1. The SMILES string of the molecule is COC(=O)c1ccc2c(n1)N(C(=O)Nc1ccccn1)[C@H]1CCCN2C1.COC(=O)c1ccc2c(n1)N[C@H]1CCCN2C1.O=C(O)c1ccc2c(n1)N(C(=O)Nc1ccccn1)[C@H]1CCCN2C1. The maximum atomic E-state index is 13.0. The van der Waals surface area contributed by atoms with Crippen LogP contribution in [0.1, 0.15) is 70.0 Å². The molecule has 0 unspecified atom stereocenters. The number of amides is 4. The van der Waals surface area contributed by atoms with Crippen LogP contribution < -0.4 is 40.4 Å². The highest BCUT2D eigenvalue weighted by Gasteiger charge is 2.40. The lowest BCUT2D eigenvalue weighted by Gasteiger charge is -2.45. The van der Waals surface area contributed by atoms with Crippen molar-refractivity contribution in [2.75, 3.05) is 93.9 Å². The third-order valence-electron chi connectivity index (χ3n) is 12.6. The van der Waals surface area contributed by atoms with Crippen molar-refractivity contribution in [2.24, 2.45) is 0 Å². The number of carboxylic acids is 1. The molecule has 0 spiro atoms. The maximum Gasteiger partial charge on any atom is 0.356 e. The lowest BCUT2D eigenvalue weighted by atomic mass is 10.00. The molecule has 0 radical (unpaired) electrons. The fraction of sp³-hybridized carbons (Fsp3) is 0.362. The number of methoxy groups -OCH3 is 2. The molecule has 352 valence electrons. The minimum absolute atomic E-state index is 0.000333. The van der Waals surface area contributed by atoms with Gasteiger partial charge >= 0.3 is 30.0 Å². The number of rotatable bonds is 5. The number of carbonyl (C=O) groups excluding carboxylic acids is 4. The van der Waals surface area contributed by atoms with E-state index >= 15 is 0 Å². The summed E-state index contributed by atoms with van der Waals surface area (Å²) < 4.78 is 9.45. The highest BCUT2D eigenvalue weighted by Crippen LogP contribution is 2.40. The van der Waals surface area contributed by atoms with E-state index in [1.165, 1.54) is 33.1 Å². The van der Waals surface area contributed by atoms with Gasteiger partial charge in [-0.25, -0.2) is 48.9 Å².